The van der Waals surface area contributed by atoms with Crippen molar-refractivity contribution in [3.63, 3.8) is 0 Å². The van der Waals surface area contributed by atoms with Crippen LogP contribution in [-0.4, -0.2) is 32.7 Å². The maximum absolute atomic E-state index is 11.3. The normalized spacial score (nSPS) is 10.2. The number of esters is 1. The summed E-state index contributed by atoms with van der Waals surface area (Å²) >= 11 is 0.711. The first-order valence-corrected chi connectivity index (χ1v) is 4.56. The average Bonchev–Trinajstić information content (AvgIpc) is 2.49. The molecule has 0 aromatic carbocycles. The number of carbonyl (C=O) groups excluding carboxylic acids is 1. The Kier molecular flexibility index (Phi) is 3.13. The smallest absolute Gasteiger partial charge is 0.358 e. The van der Waals surface area contributed by atoms with Gasteiger partial charge in [0.05, 0.1) is 6.10 Å². The number of carboxylic acid groups (broad SMARTS) is 1. The Labute approximate surface area is 83.7 Å². The molecule has 1 heterocycles. The lowest BCUT2D eigenvalue weighted by Gasteiger charge is -2.05. The van der Waals surface area contributed by atoms with Gasteiger partial charge in [0.15, 0.2) is 10.6 Å². The molecule has 0 aliphatic carbocycles. The van der Waals surface area contributed by atoms with E-state index >= 15 is 0 Å². The highest BCUT2D eigenvalue weighted by molar-refractivity contribution is 7.08. The maximum atomic E-state index is 11.3. The van der Waals surface area contributed by atoms with Gasteiger partial charge in [0.1, 0.15) is 0 Å². The second-order valence-corrected chi connectivity index (χ2v) is 3.46. The summed E-state index contributed by atoms with van der Waals surface area (Å²) in [5.41, 5.74) is -0.361. The predicted octanol–water partition coefficient (Wildman–Crippen LogP) is 0.801. The number of hydrogen-bond donors (Lipinski definition) is 1. The number of carboxylic acids is 1. The van der Waals surface area contributed by atoms with Gasteiger partial charge in [-0.2, -0.15) is 0 Å². The van der Waals surface area contributed by atoms with Crippen LogP contribution >= 0.6 is 11.5 Å². The Hall–Kier alpha value is -1.50. The third-order valence-electron chi connectivity index (χ3n) is 1.22. The number of carbonyl (C=O) groups is 2. The molecule has 0 unspecified atom stereocenters. The Balaban J connectivity index is 2.90. The van der Waals surface area contributed by atoms with Crippen molar-refractivity contribution < 1.29 is 19.4 Å². The fraction of sp³-hybridized carbons (Fsp3) is 0.429. The summed E-state index contributed by atoms with van der Waals surface area (Å²) in [6, 6.07) is 0. The topological polar surface area (TPSA) is 89.4 Å². The Bertz CT molecular complexity index is 360. The molecule has 0 fully saturated rings. The number of aromatic carboxylic acids is 1. The molecule has 0 amide bonds. The first kappa shape index (κ1) is 10.6. The van der Waals surface area contributed by atoms with Gasteiger partial charge in [0, 0.05) is 0 Å². The molecule has 0 atom stereocenters. The van der Waals surface area contributed by atoms with Gasteiger partial charge < -0.3 is 9.84 Å². The molecule has 1 rings (SSSR count). The highest BCUT2D eigenvalue weighted by Crippen LogP contribution is 2.12. The maximum Gasteiger partial charge on any atom is 0.358 e. The van der Waals surface area contributed by atoms with Gasteiger partial charge in [-0.1, -0.05) is 4.49 Å². The number of aromatic nitrogens is 2. The van der Waals surface area contributed by atoms with E-state index in [9.17, 15) is 9.59 Å². The van der Waals surface area contributed by atoms with E-state index in [1.807, 2.05) is 0 Å². The van der Waals surface area contributed by atoms with Crippen molar-refractivity contribution in [2.24, 2.45) is 0 Å². The molecule has 0 aliphatic heterocycles. The van der Waals surface area contributed by atoms with Gasteiger partial charge in [0.25, 0.3) is 0 Å². The summed E-state index contributed by atoms with van der Waals surface area (Å²) in [6.07, 6.45) is -0.300. The van der Waals surface area contributed by atoms with Gasteiger partial charge in [-0.15, -0.1) is 5.10 Å². The Morgan fingerprint density at radius 1 is 1.50 bits per heavy atom. The van der Waals surface area contributed by atoms with Gasteiger partial charge in [-0.05, 0) is 25.4 Å². The number of nitrogens with zero attached hydrogens (tertiary/aromatic N) is 2. The molecule has 0 aliphatic rings. The number of hydrogen-bond acceptors (Lipinski definition) is 6. The molecule has 0 radical (unpaired) electrons. The summed E-state index contributed by atoms with van der Waals surface area (Å²) in [5.74, 6) is -1.98. The van der Waals surface area contributed by atoms with Gasteiger partial charge >= 0.3 is 11.9 Å². The first-order chi connectivity index (χ1) is 6.52. The third-order valence-corrected chi connectivity index (χ3v) is 1.92. The fourth-order valence-corrected chi connectivity index (χ4v) is 1.27. The Morgan fingerprint density at radius 3 is 2.64 bits per heavy atom. The van der Waals surface area contributed by atoms with E-state index in [4.69, 9.17) is 9.84 Å². The van der Waals surface area contributed by atoms with E-state index in [0.29, 0.717) is 11.5 Å². The largest absolute Gasteiger partial charge is 0.476 e. The minimum absolute atomic E-state index is 0.0776. The summed E-state index contributed by atoms with van der Waals surface area (Å²) in [6.45, 7) is 3.35. The zero-order chi connectivity index (χ0) is 10.7. The monoisotopic (exact) mass is 216 g/mol. The zero-order valence-corrected chi connectivity index (χ0v) is 8.37. The molecule has 1 N–H and O–H groups in total. The van der Waals surface area contributed by atoms with Crippen LogP contribution in [0.3, 0.4) is 0 Å². The van der Waals surface area contributed by atoms with Crippen molar-refractivity contribution >= 4 is 23.5 Å². The summed E-state index contributed by atoms with van der Waals surface area (Å²) in [7, 11) is 0. The van der Waals surface area contributed by atoms with Crippen LogP contribution in [0, 0.1) is 0 Å². The lowest BCUT2D eigenvalue weighted by Crippen LogP contribution is -2.13. The quantitative estimate of drug-likeness (QED) is 0.751. The fourth-order valence-electron chi connectivity index (χ4n) is 0.732. The molecule has 0 saturated carbocycles. The predicted molar refractivity (Wildman–Crippen MR) is 47.4 cm³/mol. The lowest BCUT2D eigenvalue weighted by atomic mass is 10.3. The number of rotatable bonds is 3. The van der Waals surface area contributed by atoms with Crippen molar-refractivity contribution in [2.75, 3.05) is 0 Å². The molecule has 1 aromatic rings. The van der Waals surface area contributed by atoms with E-state index in [-0.39, 0.29) is 16.7 Å². The van der Waals surface area contributed by atoms with Crippen LogP contribution in [0.15, 0.2) is 0 Å². The van der Waals surface area contributed by atoms with E-state index in [0.717, 1.165) is 0 Å². The second-order valence-electron chi connectivity index (χ2n) is 2.71. The minimum Gasteiger partial charge on any atom is -0.476 e. The highest BCUT2D eigenvalue weighted by atomic mass is 32.1. The standard InChI is InChI=1S/C7H8N2O4S/c1-3(2)13-7(12)5-4(6(10)11)8-9-14-5/h3H,1-2H3,(H,10,11). The summed E-state index contributed by atoms with van der Waals surface area (Å²) in [4.78, 5) is 21.8. The number of ether oxygens (including phenoxy) is 1. The SMILES string of the molecule is CC(C)OC(=O)c1snnc1C(=O)O. The summed E-state index contributed by atoms with van der Waals surface area (Å²) < 4.78 is 8.20. The van der Waals surface area contributed by atoms with Crippen molar-refractivity contribution in [1.29, 1.82) is 0 Å². The zero-order valence-electron chi connectivity index (χ0n) is 7.55. The molecule has 6 nitrogen and oxygen atoms in total. The van der Waals surface area contributed by atoms with Crippen LogP contribution in [0.1, 0.15) is 34.0 Å². The molecule has 1 aromatic heterocycles. The molecule has 0 saturated heterocycles. The van der Waals surface area contributed by atoms with Gasteiger partial charge in [-0.3, -0.25) is 0 Å². The first-order valence-electron chi connectivity index (χ1n) is 3.79. The van der Waals surface area contributed by atoms with Crippen molar-refractivity contribution in [3.8, 4) is 0 Å². The molecule has 7 heteroatoms. The Morgan fingerprint density at radius 2 is 2.14 bits per heavy atom. The molecular weight excluding hydrogens is 208 g/mol. The van der Waals surface area contributed by atoms with Crippen LogP contribution in [0.4, 0.5) is 0 Å². The van der Waals surface area contributed by atoms with Gasteiger partial charge in [-0.25, -0.2) is 9.59 Å². The van der Waals surface area contributed by atoms with Crippen LogP contribution in [0.5, 0.6) is 0 Å². The molecular formula is C7H8N2O4S. The van der Waals surface area contributed by atoms with Crippen LogP contribution in [0.2, 0.25) is 0 Å². The molecule has 0 bridgehead atoms. The van der Waals surface area contributed by atoms with E-state index in [2.05, 4.69) is 9.59 Å². The highest BCUT2D eigenvalue weighted by Gasteiger charge is 2.23. The second kappa shape index (κ2) is 4.14. The van der Waals surface area contributed by atoms with Crippen molar-refractivity contribution in [1.82, 2.24) is 9.59 Å². The average molecular weight is 216 g/mol. The molecule has 76 valence electrons. The van der Waals surface area contributed by atoms with Gasteiger partial charge in [0.2, 0.25) is 0 Å². The lowest BCUT2D eigenvalue weighted by molar-refractivity contribution is 0.0376. The van der Waals surface area contributed by atoms with Crippen LogP contribution in [0.25, 0.3) is 0 Å². The van der Waals surface area contributed by atoms with E-state index in [1.165, 1.54) is 0 Å². The van der Waals surface area contributed by atoms with Crippen molar-refractivity contribution in [3.05, 3.63) is 10.6 Å². The van der Waals surface area contributed by atoms with Crippen molar-refractivity contribution in [2.45, 2.75) is 20.0 Å². The third kappa shape index (κ3) is 2.25. The molecule has 0 spiro atoms. The van der Waals surface area contributed by atoms with E-state index in [1.54, 1.807) is 13.8 Å². The van der Waals surface area contributed by atoms with Crippen LogP contribution < -0.4 is 0 Å². The molecule has 14 heavy (non-hydrogen) atoms. The van der Waals surface area contributed by atoms with Crippen LogP contribution in [-0.2, 0) is 4.74 Å². The van der Waals surface area contributed by atoms with E-state index < -0.39 is 11.9 Å². The summed E-state index contributed by atoms with van der Waals surface area (Å²) in [5, 5.41) is 11.9. The minimum atomic E-state index is -1.28.